The molecule has 0 aliphatic heterocycles. The molecule has 3 aromatic rings. The van der Waals surface area contributed by atoms with E-state index in [9.17, 15) is 34.3 Å². The summed E-state index contributed by atoms with van der Waals surface area (Å²) in [6, 6.07) is 8.42. The molecule has 0 saturated heterocycles. The summed E-state index contributed by atoms with van der Waals surface area (Å²) in [5.41, 5.74) is 0.0203. The van der Waals surface area contributed by atoms with Gasteiger partial charge in [-0.2, -0.15) is 0 Å². The lowest BCUT2D eigenvalue weighted by Crippen LogP contribution is -2.51. The molecule has 14 nitrogen and oxygen atoms in total. The molecule has 3 amide bonds. The highest BCUT2D eigenvalue weighted by molar-refractivity contribution is 6.58. The van der Waals surface area contributed by atoms with Gasteiger partial charge in [-0.25, -0.2) is 9.59 Å². The molecular formula is C34H40BCl2N3O11. The Labute approximate surface area is 305 Å². The Morgan fingerprint density at radius 2 is 1.47 bits per heavy atom. The van der Waals surface area contributed by atoms with E-state index in [-0.39, 0.29) is 50.3 Å². The van der Waals surface area contributed by atoms with Crippen LogP contribution < -0.4 is 25.6 Å². The molecule has 274 valence electrons. The van der Waals surface area contributed by atoms with Crippen molar-refractivity contribution in [2.45, 2.75) is 50.9 Å². The van der Waals surface area contributed by atoms with Gasteiger partial charge in [0.1, 0.15) is 23.7 Å². The number of benzene rings is 3. The fourth-order valence-electron chi connectivity index (χ4n) is 4.99. The Balaban J connectivity index is 2.11. The Bertz CT molecular complexity index is 1710. The van der Waals surface area contributed by atoms with E-state index in [0.717, 1.165) is 12.0 Å². The summed E-state index contributed by atoms with van der Waals surface area (Å²) in [6.07, 6.45) is -1.03. The Morgan fingerprint density at radius 3 is 1.96 bits per heavy atom. The molecular weight excluding hydrogens is 708 g/mol. The fraction of sp³-hybridized carbons (Fsp3) is 0.353. The van der Waals surface area contributed by atoms with Crippen molar-refractivity contribution in [3.8, 4) is 17.2 Å². The zero-order chi connectivity index (χ0) is 38.2. The molecule has 0 spiro atoms. The number of carbonyl (C=O) groups excluding carboxylic acids is 4. The lowest BCUT2D eigenvalue weighted by atomic mass is 9.80. The minimum absolute atomic E-state index is 0.00823. The van der Waals surface area contributed by atoms with Gasteiger partial charge in [0.05, 0.1) is 31.4 Å². The van der Waals surface area contributed by atoms with E-state index in [1.807, 2.05) is 0 Å². The van der Waals surface area contributed by atoms with Crippen LogP contribution in [0.1, 0.15) is 49.5 Å². The van der Waals surface area contributed by atoms with E-state index in [1.54, 1.807) is 32.9 Å². The fourth-order valence-corrected chi connectivity index (χ4v) is 5.65. The highest BCUT2D eigenvalue weighted by atomic mass is 35.5. The molecule has 0 radical (unpaired) electrons. The molecule has 0 fully saturated rings. The maximum atomic E-state index is 14.4. The number of carbonyl (C=O) groups is 4. The van der Waals surface area contributed by atoms with Crippen molar-refractivity contribution < 1.29 is 53.3 Å². The maximum Gasteiger partial charge on any atom is 0.488 e. The number of nitrogens with zero attached hydrogens (tertiary/aromatic N) is 1. The van der Waals surface area contributed by atoms with Crippen LogP contribution in [0.3, 0.4) is 0 Å². The number of phenolic OH excluding ortho intramolecular Hbond substituents is 1. The summed E-state index contributed by atoms with van der Waals surface area (Å²) in [7, 11) is 3.46. The SMILES string of the molecule is COC(=O)[C@H](Cc1ccc(B(O)O)cc1)N(C)C(=O)[C@H](NC(=O)[C@H](NC(=O)OC(C)(C)C)c1ccc(OC)c(O)c1)c1cc(Cl)c(OC)c(Cl)c1. The summed E-state index contributed by atoms with van der Waals surface area (Å²) in [5, 5.41) is 34.6. The number of amides is 3. The second-order valence-corrected chi connectivity index (χ2v) is 13.1. The summed E-state index contributed by atoms with van der Waals surface area (Å²) in [6.45, 7) is 4.89. The zero-order valence-electron chi connectivity index (χ0n) is 29.0. The van der Waals surface area contributed by atoms with Crippen molar-refractivity contribution in [3.05, 3.63) is 81.3 Å². The first-order valence-electron chi connectivity index (χ1n) is 15.4. The largest absolute Gasteiger partial charge is 0.504 e. The summed E-state index contributed by atoms with van der Waals surface area (Å²) in [4.78, 5) is 55.7. The van der Waals surface area contributed by atoms with Gasteiger partial charge in [-0.3, -0.25) is 9.59 Å². The Morgan fingerprint density at radius 1 is 0.863 bits per heavy atom. The number of halogens is 2. The molecule has 0 bridgehead atoms. The monoisotopic (exact) mass is 747 g/mol. The van der Waals surface area contributed by atoms with E-state index >= 15 is 0 Å². The molecule has 3 rings (SSSR count). The standard InChI is InChI=1S/C34H40BCl2N3O11/c1-34(2,3)51-33(45)39-27(19-10-13-26(48-5)25(41)17-19)30(42)38-28(20-15-22(36)29(49-6)23(37)16-20)31(43)40(4)24(32(44)50-7)14-18-8-11-21(12-9-18)35(46)47/h8-13,15-17,24,27-28,41,46-47H,14H2,1-7H3,(H,38,42)(H,39,45)/t24-,27+,28+/m0/s1. The summed E-state index contributed by atoms with van der Waals surface area (Å²) >= 11 is 12.9. The number of likely N-dealkylation sites (N-methyl/N-ethyl adjacent to an activating group) is 1. The van der Waals surface area contributed by atoms with E-state index in [2.05, 4.69) is 10.6 Å². The van der Waals surface area contributed by atoms with Crippen LogP contribution in [0.25, 0.3) is 0 Å². The minimum Gasteiger partial charge on any atom is -0.504 e. The Hall–Kier alpha value is -4.70. The van der Waals surface area contributed by atoms with Gasteiger partial charge in [-0.15, -0.1) is 0 Å². The van der Waals surface area contributed by atoms with Crippen LogP contribution in [0.2, 0.25) is 10.0 Å². The normalized spacial score (nSPS) is 12.8. The first-order chi connectivity index (χ1) is 23.9. The van der Waals surface area contributed by atoms with Crippen molar-refractivity contribution in [2.75, 3.05) is 28.4 Å². The summed E-state index contributed by atoms with van der Waals surface area (Å²) < 4.78 is 20.7. The number of esters is 1. The molecule has 0 aromatic heterocycles. The first kappa shape index (κ1) is 40.7. The van der Waals surface area contributed by atoms with Gasteiger partial charge in [-0.05, 0) is 67.2 Å². The average molecular weight is 748 g/mol. The van der Waals surface area contributed by atoms with E-state index < -0.39 is 54.7 Å². The maximum absolute atomic E-state index is 14.4. The number of methoxy groups -OCH3 is 3. The second-order valence-electron chi connectivity index (χ2n) is 12.3. The van der Waals surface area contributed by atoms with Crippen LogP contribution >= 0.6 is 23.2 Å². The molecule has 0 aliphatic carbocycles. The molecule has 3 atom stereocenters. The molecule has 0 aliphatic rings. The third-order valence-electron chi connectivity index (χ3n) is 7.55. The second kappa shape index (κ2) is 17.5. The van der Waals surface area contributed by atoms with Crippen LogP contribution in [-0.2, 0) is 30.3 Å². The highest BCUT2D eigenvalue weighted by Gasteiger charge is 2.37. The van der Waals surface area contributed by atoms with Crippen molar-refractivity contribution in [1.29, 1.82) is 0 Å². The van der Waals surface area contributed by atoms with Gasteiger partial charge in [0, 0.05) is 13.5 Å². The number of aromatic hydroxyl groups is 1. The van der Waals surface area contributed by atoms with Gasteiger partial charge in [0.25, 0.3) is 0 Å². The molecule has 0 unspecified atom stereocenters. The molecule has 0 saturated carbocycles. The number of hydrogen-bond donors (Lipinski definition) is 5. The lowest BCUT2D eigenvalue weighted by Gasteiger charge is -2.31. The zero-order valence-corrected chi connectivity index (χ0v) is 30.5. The molecule has 17 heteroatoms. The lowest BCUT2D eigenvalue weighted by molar-refractivity contribution is -0.152. The number of hydrogen-bond acceptors (Lipinski definition) is 11. The summed E-state index contributed by atoms with van der Waals surface area (Å²) in [5.74, 6) is -2.65. The van der Waals surface area contributed by atoms with Crippen molar-refractivity contribution in [1.82, 2.24) is 15.5 Å². The molecule has 0 heterocycles. The van der Waals surface area contributed by atoms with Gasteiger partial charge < -0.3 is 49.6 Å². The van der Waals surface area contributed by atoms with Crippen LogP contribution in [0, 0.1) is 0 Å². The number of nitrogens with one attached hydrogen (secondary N) is 2. The van der Waals surface area contributed by atoms with Crippen molar-refractivity contribution >= 4 is 59.7 Å². The number of phenols is 1. The minimum atomic E-state index is -1.71. The smallest absolute Gasteiger partial charge is 0.488 e. The quantitative estimate of drug-likeness (QED) is 0.128. The average Bonchev–Trinajstić information content (AvgIpc) is 3.06. The molecule has 3 aromatic carbocycles. The van der Waals surface area contributed by atoms with Crippen LogP contribution in [0.5, 0.6) is 17.2 Å². The number of alkyl carbamates (subject to hydrolysis) is 1. The van der Waals surface area contributed by atoms with Gasteiger partial charge in [-0.1, -0.05) is 53.5 Å². The van der Waals surface area contributed by atoms with Crippen molar-refractivity contribution in [3.63, 3.8) is 0 Å². The number of ether oxygens (including phenoxy) is 4. The van der Waals surface area contributed by atoms with Crippen molar-refractivity contribution in [2.24, 2.45) is 0 Å². The predicted molar refractivity (Wildman–Crippen MR) is 189 cm³/mol. The topological polar surface area (TPSA) is 193 Å². The van der Waals surface area contributed by atoms with Gasteiger partial charge >= 0.3 is 19.2 Å². The first-order valence-corrected chi connectivity index (χ1v) is 16.2. The number of rotatable bonds is 13. The van der Waals surface area contributed by atoms with E-state index in [0.29, 0.717) is 5.56 Å². The van der Waals surface area contributed by atoms with E-state index in [4.69, 9.17) is 42.1 Å². The van der Waals surface area contributed by atoms with Crippen LogP contribution in [-0.4, -0.2) is 91.1 Å². The third-order valence-corrected chi connectivity index (χ3v) is 8.11. The van der Waals surface area contributed by atoms with Gasteiger partial charge in [0.15, 0.2) is 17.2 Å². The van der Waals surface area contributed by atoms with Crippen LogP contribution in [0.4, 0.5) is 4.79 Å². The predicted octanol–water partition coefficient (Wildman–Crippen LogP) is 3.06. The molecule has 5 N–H and O–H groups in total. The Kier molecular flexibility index (Phi) is 14.0. The van der Waals surface area contributed by atoms with E-state index in [1.165, 1.54) is 63.7 Å². The highest BCUT2D eigenvalue weighted by Crippen LogP contribution is 2.37. The third kappa shape index (κ3) is 10.7. The van der Waals surface area contributed by atoms with Gasteiger partial charge in [0.2, 0.25) is 11.8 Å². The van der Waals surface area contributed by atoms with Crippen LogP contribution in [0.15, 0.2) is 54.6 Å². The molecule has 51 heavy (non-hydrogen) atoms.